The summed E-state index contributed by atoms with van der Waals surface area (Å²) in [6.07, 6.45) is -0.766. The van der Waals surface area contributed by atoms with Crippen LogP contribution in [-0.4, -0.2) is 59.2 Å². The van der Waals surface area contributed by atoms with E-state index in [1.807, 2.05) is 16.7 Å². The third-order valence-electron chi connectivity index (χ3n) is 4.65. The minimum Gasteiger partial charge on any atom is -0.381 e. The van der Waals surface area contributed by atoms with Gasteiger partial charge in [0.1, 0.15) is 0 Å². The van der Waals surface area contributed by atoms with E-state index in [1.54, 1.807) is 0 Å². The van der Waals surface area contributed by atoms with E-state index in [0.717, 1.165) is 25.2 Å². The second-order valence-corrected chi connectivity index (χ2v) is 6.29. The molecule has 0 spiro atoms. The van der Waals surface area contributed by atoms with E-state index in [4.69, 9.17) is 4.74 Å². The van der Waals surface area contributed by atoms with E-state index < -0.39 is 11.7 Å². The number of rotatable bonds is 6. The number of fused-ring (bicyclic) bond motifs is 1. The average molecular weight is 358 g/mol. The highest BCUT2D eigenvalue weighted by molar-refractivity contribution is 5.78. The van der Waals surface area contributed by atoms with Crippen LogP contribution in [0.2, 0.25) is 0 Å². The van der Waals surface area contributed by atoms with Gasteiger partial charge in [-0.3, -0.25) is 4.79 Å². The van der Waals surface area contributed by atoms with Crippen molar-refractivity contribution < 1.29 is 22.7 Å². The van der Waals surface area contributed by atoms with Gasteiger partial charge in [-0.1, -0.05) is 6.92 Å². The number of aromatic nitrogens is 2. The zero-order valence-electron chi connectivity index (χ0n) is 14.0. The van der Waals surface area contributed by atoms with Gasteiger partial charge in [-0.25, -0.2) is 9.97 Å². The highest BCUT2D eigenvalue weighted by atomic mass is 19.4. The lowest BCUT2D eigenvalue weighted by molar-refractivity contribution is -0.140. The largest absolute Gasteiger partial charge is 0.419 e. The number of alkyl halides is 3. The van der Waals surface area contributed by atoms with Gasteiger partial charge in [-0.15, -0.1) is 0 Å². The third-order valence-corrected chi connectivity index (χ3v) is 4.65. The van der Waals surface area contributed by atoms with Gasteiger partial charge in [0.15, 0.2) is 0 Å². The van der Waals surface area contributed by atoms with Crippen LogP contribution in [0.5, 0.6) is 0 Å². The molecule has 3 rings (SSSR count). The topological polar surface area (TPSA) is 58.6 Å². The van der Waals surface area contributed by atoms with Crippen molar-refractivity contribution in [1.29, 1.82) is 0 Å². The molecule has 2 aliphatic rings. The Hall–Kier alpha value is -1.90. The Labute approximate surface area is 144 Å². The van der Waals surface area contributed by atoms with Gasteiger partial charge in [0.25, 0.3) is 0 Å². The van der Waals surface area contributed by atoms with E-state index in [2.05, 4.69) is 9.97 Å². The van der Waals surface area contributed by atoms with Crippen molar-refractivity contribution in [3.05, 3.63) is 18.0 Å². The molecule has 25 heavy (non-hydrogen) atoms. The van der Waals surface area contributed by atoms with Gasteiger partial charge in [0, 0.05) is 32.1 Å². The van der Waals surface area contributed by atoms with Gasteiger partial charge in [0.05, 0.1) is 30.7 Å². The highest BCUT2D eigenvalue weighted by Crippen LogP contribution is 2.35. The fraction of sp³-hybridized carbons (Fsp3) is 0.688. The molecule has 0 radical (unpaired) electrons. The van der Waals surface area contributed by atoms with Crippen LogP contribution in [0, 0.1) is 0 Å². The zero-order valence-corrected chi connectivity index (χ0v) is 14.0. The Bertz CT molecular complexity index is 608. The molecule has 0 unspecified atom stereocenters. The number of ether oxygens (including phenoxy) is 1. The molecule has 1 aromatic heterocycles. The van der Waals surface area contributed by atoms with Gasteiger partial charge in [-0.05, 0) is 12.8 Å². The minimum atomic E-state index is -4.44. The Morgan fingerprint density at radius 2 is 2.00 bits per heavy atom. The summed E-state index contributed by atoms with van der Waals surface area (Å²) in [5, 5.41) is 0. The molecule has 0 bridgehead atoms. The van der Waals surface area contributed by atoms with E-state index in [9.17, 15) is 18.0 Å². The van der Waals surface area contributed by atoms with Crippen LogP contribution in [0.1, 0.15) is 31.7 Å². The van der Waals surface area contributed by atoms with Crippen LogP contribution in [-0.2, 0) is 15.7 Å². The molecule has 1 amide bonds. The van der Waals surface area contributed by atoms with Crippen molar-refractivity contribution >= 4 is 11.9 Å². The molecule has 6 nitrogen and oxygen atoms in total. The first-order valence-corrected chi connectivity index (χ1v) is 8.45. The van der Waals surface area contributed by atoms with Gasteiger partial charge in [0.2, 0.25) is 11.9 Å². The lowest BCUT2D eigenvalue weighted by atomic mass is 9.96. The number of carbonyl (C=O) groups is 1. The van der Waals surface area contributed by atoms with Crippen molar-refractivity contribution in [3.8, 4) is 0 Å². The van der Waals surface area contributed by atoms with E-state index >= 15 is 0 Å². The number of anilines is 1. The maximum atomic E-state index is 12.6. The number of nitrogens with zero attached hydrogens (tertiary/aromatic N) is 4. The standard InChI is InChI=1S/C16H21F3N4O2/c1-2-6-25-7-4-14(24)23-10-13-12(23)3-5-22(13)15-20-8-11(9-21-15)16(17,18)19/h8-9,12-13H,2-7,10H2,1H3/t12-,13-/m1/s1. The molecule has 2 aliphatic heterocycles. The summed E-state index contributed by atoms with van der Waals surface area (Å²) in [5.41, 5.74) is -0.857. The third kappa shape index (κ3) is 3.70. The molecule has 0 saturated carbocycles. The molecule has 138 valence electrons. The Morgan fingerprint density at radius 3 is 2.64 bits per heavy atom. The lowest BCUT2D eigenvalue weighted by Crippen LogP contribution is -2.64. The molecule has 0 aliphatic carbocycles. The molecule has 9 heteroatoms. The van der Waals surface area contributed by atoms with Crippen LogP contribution in [0.15, 0.2) is 12.4 Å². The summed E-state index contributed by atoms with van der Waals surface area (Å²) in [4.78, 5) is 23.6. The minimum absolute atomic E-state index is 0.0625. The van der Waals surface area contributed by atoms with Crippen LogP contribution in [0.4, 0.5) is 19.1 Å². The molecule has 0 N–H and O–H groups in total. The maximum Gasteiger partial charge on any atom is 0.419 e. The molecule has 2 fully saturated rings. The second-order valence-electron chi connectivity index (χ2n) is 6.29. The Kier molecular flexibility index (Phi) is 5.12. The number of halogens is 3. The molecule has 0 aromatic carbocycles. The summed E-state index contributed by atoms with van der Waals surface area (Å²) in [7, 11) is 0. The van der Waals surface area contributed by atoms with Crippen molar-refractivity contribution in [2.24, 2.45) is 0 Å². The maximum absolute atomic E-state index is 12.6. The smallest absolute Gasteiger partial charge is 0.381 e. The first-order valence-electron chi connectivity index (χ1n) is 8.45. The van der Waals surface area contributed by atoms with E-state index in [1.165, 1.54) is 0 Å². The number of hydrogen-bond acceptors (Lipinski definition) is 5. The second kappa shape index (κ2) is 7.15. The first-order chi connectivity index (χ1) is 11.9. The SMILES string of the molecule is CCCOCCC(=O)N1C[C@@H]2[C@H]1CCN2c1ncc(C(F)(F)F)cn1. The normalized spacial score (nSPS) is 22.7. The Morgan fingerprint density at radius 1 is 1.28 bits per heavy atom. The van der Waals surface area contributed by atoms with E-state index in [0.29, 0.717) is 38.7 Å². The number of likely N-dealkylation sites (tertiary alicyclic amines) is 1. The summed E-state index contributed by atoms with van der Waals surface area (Å²) in [5.74, 6) is 0.353. The summed E-state index contributed by atoms with van der Waals surface area (Å²) in [6.45, 7) is 4.28. The highest BCUT2D eigenvalue weighted by Gasteiger charge is 2.49. The quantitative estimate of drug-likeness (QED) is 0.729. The van der Waals surface area contributed by atoms with Gasteiger partial charge < -0.3 is 14.5 Å². The molecular formula is C16H21F3N4O2. The molecule has 2 saturated heterocycles. The number of amides is 1. The van der Waals surface area contributed by atoms with Crippen molar-refractivity contribution in [2.45, 2.75) is 44.4 Å². The molecule has 1 aromatic rings. The summed E-state index contributed by atoms with van der Waals surface area (Å²) >= 11 is 0. The van der Waals surface area contributed by atoms with Gasteiger partial charge >= 0.3 is 6.18 Å². The molecular weight excluding hydrogens is 337 g/mol. The summed E-state index contributed by atoms with van der Waals surface area (Å²) < 4.78 is 43.1. The number of hydrogen-bond donors (Lipinski definition) is 0. The zero-order chi connectivity index (χ0) is 18.0. The monoisotopic (exact) mass is 358 g/mol. The fourth-order valence-electron chi connectivity index (χ4n) is 3.32. The van der Waals surface area contributed by atoms with Crippen LogP contribution in [0.25, 0.3) is 0 Å². The van der Waals surface area contributed by atoms with Crippen molar-refractivity contribution in [2.75, 3.05) is 31.2 Å². The lowest BCUT2D eigenvalue weighted by Gasteiger charge is -2.46. The summed E-state index contributed by atoms with van der Waals surface area (Å²) in [6, 6.07) is 0.168. The Balaban J connectivity index is 1.54. The molecule has 2 atom stereocenters. The van der Waals surface area contributed by atoms with Crippen molar-refractivity contribution in [3.63, 3.8) is 0 Å². The van der Waals surface area contributed by atoms with Gasteiger partial charge in [-0.2, -0.15) is 13.2 Å². The van der Waals surface area contributed by atoms with Crippen LogP contribution >= 0.6 is 0 Å². The van der Waals surface area contributed by atoms with Crippen LogP contribution in [0.3, 0.4) is 0 Å². The van der Waals surface area contributed by atoms with Crippen LogP contribution < -0.4 is 4.90 Å². The predicted molar refractivity (Wildman–Crippen MR) is 84.0 cm³/mol. The van der Waals surface area contributed by atoms with Crippen molar-refractivity contribution in [1.82, 2.24) is 14.9 Å². The number of carbonyl (C=O) groups excluding carboxylic acids is 1. The first kappa shape index (κ1) is 17.9. The molecule has 3 heterocycles. The fourth-order valence-corrected chi connectivity index (χ4v) is 3.32. The van der Waals surface area contributed by atoms with E-state index in [-0.39, 0.29) is 18.0 Å². The predicted octanol–water partition coefficient (Wildman–Crippen LogP) is 2.10. The average Bonchev–Trinajstić information content (AvgIpc) is 2.87.